The van der Waals surface area contributed by atoms with E-state index in [9.17, 15) is 0 Å². The average Bonchev–Trinajstić information content (AvgIpc) is 2.80. The molecule has 164 valence electrons. The normalized spacial score (nSPS) is 17.9. The first-order valence-corrected chi connectivity index (χ1v) is 11.2. The van der Waals surface area contributed by atoms with Gasteiger partial charge in [0.1, 0.15) is 5.82 Å². The van der Waals surface area contributed by atoms with Crippen LogP contribution in [0.1, 0.15) is 31.2 Å². The Balaban J connectivity index is 1.31. The van der Waals surface area contributed by atoms with E-state index >= 15 is 0 Å². The first kappa shape index (κ1) is 21.8. The fourth-order valence-corrected chi connectivity index (χ4v) is 4.30. The van der Waals surface area contributed by atoms with E-state index in [0.29, 0.717) is 28.7 Å². The number of aromatic nitrogens is 2. The van der Waals surface area contributed by atoms with Gasteiger partial charge in [-0.3, -0.25) is 0 Å². The Morgan fingerprint density at radius 1 is 1.00 bits per heavy atom. The van der Waals surface area contributed by atoms with Crippen LogP contribution in [-0.2, 0) is 0 Å². The minimum Gasteiger partial charge on any atom is -0.362 e. The quantitative estimate of drug-likeness (QED) is 0.502. The number of para-hydroxylation sites is 1. The van der Waals surface area contributed by atoms with Gasteiger partial charge in [0.25, 0.3) is 0 Å². The number of nitriles is 1. The molecule has 8 heteroatoms. The molecule has 0 unspecified atom stereocenters. The van der Waals surface area contributed by atoms with Gasteiger partial charge in [-0.2, -0.15) is 10.2 Å². The summed E-state index contributed by atoms with van der Waals surface area (Å²) in [7, 11) is 4.01. The molecule has 0 spiro atoms. The van der Waals surface area contributed by atoms with Crippen LogP contribution in [0.2, 0.25) is 0 Å². The van der Waals surface area contributed by atoms with Crippen LogP contribution in [0, 0.1) is 11.3 Å². The van der Waals surface area contributed by atoms with E-state index in [4.69, 9.17) is 27.4 Å². The lowest BCUT2D eigenvalue weighted by Crippen LogP contribution is -2.42. The molecule has 0 atom stereocenters. The second kappa shape index (κ2) is 9.79. The minimum absolute atomic E-state index is 0.335. The maximum absolute atomic E-state index is 8.90. The van der Waals surface area contributed by atoms with Gasteiger partial charge in [0.2, 0.25) is 5.95 Å². The Hall–Kier alpha value is -3.44. The first-order chi connectivity index (χ1) is 15.5. The molecule has 2 aromatic carbocycles. The van der Waals surface area contributed by atoms with E-state index in [2.05, 4.69) is 28.1 Å². The third-order valence-corrected chi connectivity index (χ3v) is 5.89. The van der Waals surface area contributed by atoms with Gasteiger partial charge in [0.15, 0.2) is 5.11 Å². The molecule has 32 heavy (non-hydrogen) atoms. The molecule has 1 aliphatic carbocycles. The number of nitrogens with zero attached hydrogens (tertiary/aromatic N) is 4. The topological polar surface area (TPSA) is 88.9 Å². The fraction of sp³-hybridized carbons (Fsp3) is 0.333. The van der Waals surface area contributed by atoms with E-state index in [0.717, 1.165) is 48.1 Å². The van der Waals surface area contributed by atoms with Crippen LogP contribution in [-0.4, -0.2) is 41.3 Å². The van der Waals surface area contributed by atoms with Crippen molar-refractivity contribution in [1.82, 2.24) is 15.3 Å². The van der Waals surface area contributed by atoms with Crippen LogP contribution < -0.4 is 20.9 Å². The summed E-state index contributed by atoms with van der Waals surface area (Å²) in [5.74, 6) is 1.61. The predicted molar refractivity (Wildman–Crippen MR) is 134 cm³/mol. The van der Waals surface area contributed by atoms with Crippen LogP contribution in [0.25, 0.3) is 10.9 Å². The van der Waals surface area contributed by atoms with E-state index in [-0.39, 0.29) is 0 Å². The maximum atomic E-state index is 8.90. The molecule has 3 aromatic rings. The summed E-state index contributed by atoms with van der Waals surface area (Å²) in [5, 5.41) is 20.7. The lowest BCUT2D eigenvalue weighted by atomic mass is 9.91. The Morgan fingerprint density at radius 3 is 2.38 bits per heavy atom. The van der Waals surface area contributed by atoms with Crippen molar-refractivity contribution in [3.63, 3.8) is 0 Å². The van der Waals surface area contributed by atoms with Crippen molar-refractivity contribution < 1.29 is 0 Å². The van der Waals surface area contributed by atoms with Crippen LogP contribution in [0.5, 0.6) is 0 Å². The zero-order chi connectivity index (χ0) is 22.5. The largest absolute Gasteiger partial charge is 0.362 e. The molecule has 1 aliphatic rings. The molecule has 0 amide bonds. The summed E-state index contributed by atoms with van der Waals surface area (Å²) in [6.07, 6.45) is 4.07. The average molecular weight is 446 g/mol. The molecular formula is C24H27N7S. The summed E-state index contributed by atoms with van der Waals surface area (Å²) in [5.41, 5.74) is 2.46. The predicted octanol–water partition coefficient (Wildman–Crippen LogP) is 4.28. The zero-order valence-corrected chi connectivity index (χ0v) is 19.1. The highest BCUT2D eigenvalue weighted by atomic mass is 32.1. The first-order valence-electron chi connectivity index (χ1n) is 10.8. The third kappa shape index (κ3) is 5.24. The molecule has 0 saturated heterocycles. The lowest BCUT2D eigenvalue weighted by Gasteiger charge is -2.30. The second-order valence-corrected chi connectivity index (χ2v) is 8.67. The highest BCUT2D eigenvalue weighted by molar-refractivity contribution is 7.80. The molecule has 7 nitrogen and oxygen atoms in total. The highest BCUT2D eigenvalue weighted by Gasteiger charge is 2.22. The van der Waals surface area contributed by atoms with Crippen LogP contribution in [0.15, 0.2) is 48.5 Å². The van der Waals surface area contributed by atoms with Crippen LogP contribution in [0.4, 0.5) is 17.5 Å². The lowest BCUT2D eigenvalue weighted by molar-refractivity contribution is 0.387. The number of fused-ring (bicyclic) bond motifs is 1. The van der Waals surface area contributed by atoms with Crippen molar-refractivity contribution in [3.8, 4) is 6.07 Å². The summed E-state index contributed by atoms with van der Waals surface area (Å²) >= 11 is 5.47. The van der Waals surface area contributed by atoms with Gasteiger partial charge in [0, 0.05) is 37.3 Å². The number of nitrogens with one attached hydrogen (secondary N) is 3. The van der Waals surface area contributed by atoms with Gasteiger partial charge < -0.3 is 20.9 Å². The molecule has 3 N–H and O–H groups in total. The van der Waals surface area contributed by atoms with Gasteiger partial charge >= 0.3 is 0 Å². The van der Waals surface area contributed by atoms with Crippen LogP contribution in [0.3, 0.4) is 0 Å². The minimum atomic E-state index is 0.335. The second-order valence-electron chi connectivity index (χ2n) is 8.26. The molecule has 0 aliphatic heterocycles. The molecule has 0 bridgehead atoms. The molecule has 1 aromatic heterocycles. The van der Waals surface area contributed by atoms with E-state index in [1.807, 2.05) is 49.3 Å². The monoisotopic (exact) mass is 445 g/mol. The smallest absolute Gasteiger partial charge is 0.225 e. The van der Waals surface area contributed by atoms with Crippen molar-refractivity contribution in [3.05, 3.63) is 54.1 Å². The standard InChI is InChI=1S/C24H27N7S/c1-31(2)22-20-5-3-4-6-21(20)29-23(30-22)26-17-11-13-19(14-12-17)28-24(32)27-18-9-7-16(15-25)8-10-18/h3-10,17,19H,11-14H2,1-2H3,(H,26,29,30)(H2,27,28,32)/t17-,19+. The maximum Gasteiger partial charge on any atom is 0.225 e. The molecule has 1 heterocycles. The van der Waals surface area contributed by atoms with Crippen molar-refractivity contribution in [2.24, 2.45) is 0 Å². The number of benzene rings is 2. The molecule has 0 radical (unpaired) electrons. The molecule has 1 fully saturated rings. The van der Waals surface area contributed by atoms with Gasteiger partial charge in [-0.05, 0) is 74.3 Å². The van der Waals surface area contributed by atoms with Crippen molar-refractivity contribution >= 4 is 45.7 Å². The SMILES string of the molecule is CN(C)c1nc(N[C@H]2CC[C@@H](NC(=S)Nc3ccc(C#N)cc3)CC2)nc2ccccc12. The van der Waals surface area contributed by atoms with Gasteiger partial charge in [-0.1, -0.05) is 12.1 Å². The van der Waals surface area contributed by atoms with E-state index < -0.39 is 0 Å². The number of anilines is 3. The third-order valence-electron chi connectivity index (χ3n) is 5.67. The van der Waals surface area contributed by atoms with E-state index in [1.165, 1.54) is 0 Å². The van der Waals surface area contributed by atoms with Gasteiger partial charge in [-0.15, -0.1) is 0 Å². The number of hydrogen-bond donors (Lipinski definition) is 3. The van der Waals surface area contributed by atoms with E-state index in [1.54, 1.807) is 12.1 Å². The Kier molecular flexibility index (Phi) is 6.66. The Morgan fingerprint density at radius 2 is 1.69 bits per heavy atom. The number of thiocarbonyl (C=S) groups is 1. The molecule has 4 rings (SSSR count). The molecular weight excluding hydrogens is 418 g/mol. The summed E-state index contributed by atoms with van der Waals surface area (Å²) < 4.78 is 0. The molecule has 1 saturated carbocycles. The summed E-state index contributed by atoms with van der Waals surface area (Å²) in [4.78, 5) is 11.5. The zero-order valence-electron chi connectivity index (χ0n) is 18.3. The summed E-state index contributed by atoms with van der Waals surface area (Å²) in [6, 6.07) is 18.2. The highest BCUT2D eigenvalue weighted by Crippen LogP contribution is 2.26. The van der Waals surface area contributed by atoms with Crippen molar-refractivity contribution in [1.29, 1.82) is 5.26 Å². The van der Waals surface area contributed by atoms with Crippen molar-refractivity contribution in [2.45, 2.75) is 37.8 Å². The fourth-order valence-electron chi connectivity index (χ4n) is 4.01. The number of rotatable bonds is 5. The van der Waals surface area contributed by atoms with Gasteiger partial charge in [0.05, 0.1) is 17.1 Å². The van der Waals surface area contributed by atoms with Gasteiger partial charge in [-0.25, -0.2) is 4.98 Å². The number of hydrogen-bond acceptors (Lipinski definition) is 6. The van der Waals surface area contributed by atoms with Crippen LogP contribution >= 0.6 is 12.2 Å². The van der Waals surface area contributed by atoms with Crippen molar-refractivity contribution in [2.75, 3.05) is 29.6 Å². The Bertz CT molecular complexity index is 1130. The summed E-state index contributed by atoms with van der Waals surface area (Å²) in [6.45, 7) is 0. The Labute approximate surface area is 193 Å².